The molecule has 0 bridgehead atoms. The number of benzene rings is 1. The molecule has 2 aromatic heterocycles. The number of methoxy groups -OCH3 is 1. The van der Waals surface area contributed by atoms with Gasteiger partial charge in [-0.1, -0.05) is 32.8 Å². The second-order valence-electron chi connectivity index (χ2n) is 14.1. The van der Waals surface area contributed by atoms with Crippen molar-refractivity contribution < 1.29 is 14.3 Å². The molecule has 2 aliphatic carbocycles. The zero-order valence-electron chi connectivity index (χ0n) is 27.7. The number of Topliss-reactive ketones (excluding diaryl/α,β-unsaturated/α-hetero) is 1. The molecule has 3 aliphatic rings. The minimum Gasteiger partial charge on any atom is -0.496 e. The number of imidazole rings is 1. The van der Waals surface area contributed by atoms with Crippen molar-refractivity contribution in [3.63, 3.8) is 0 Å². The van der Waals surface area contributed by atoms with Crippen LogP contribution in [-0.2, 0) is 15.1 Å². The first-order valence-electron chi connectivity index (χ1n) is 17.4. The quantitative estimate of drug-likeness (QED) is 0.177. The molecule has 3 fully saturated rings. The number of fused-ring (bicyclic) bond motifs is 1. The third kappa shape index (κ3) is 6.96. The number of carbonyl (C=O) groups excluding carboxylic acids is 2. The van der Waals surface area contributed by atoms with Crippen molar-refractivity contribution in [2.45, 2.75) is 103 Å². The van der Waals surface area contributed by atoms with E-state index in [4.69, 9.17) is 9.72 Å². The Morgan fingerprint density at radius 2 is 1.91 bits per heavy atom. The summed E-state index contributed by atoms with van der Waals surface area (Å²) < 4.78 is 5.79. The first kappa shape index (κ1) is 31.7. The van der Waals surface area contributed by atoms with Crippen molar-refractivity contribution in [2.75, 3.05) is 26.7 Å². The molecule has 2 atom stereocenters. The van der Waals surface area contributed by atoms with Crippen LogP contribution in [0.15, 0.2) is 30.5 Å². The Balaban J connectivity index is 1.21. The summed E-state index contributed by atoms with van der Waals surface area (Å²) >= 11 is 0. The van der Waals surface area contributed by atoms with Gasteiger partial charge in [0.1, 0.15) is 17.4 Å². The lowest BCUT2D eigenvalue weighted by atomic mass is 9.86. The van der Waals surface area contributed by atoms with Gasteiger partial charge >= 0.3 is 0 Å². The van der Waals surface area contributed by atoms with E-state index in [1.54, 1.807) is 7.11 Å². The number of hydrogen-bond donors (Lipinski definition) is 2. The molecule has 8 heteroatoms. The van der Waals surface area contributed by atoms with Gasteiger partial charge in [0.25, 0.3) is 0 Å². The predicted molar refractivity (Wildman–Crippen MR) is 178 cm³/mol. The standard InChI is InChI=1S/C37H51N5O3/c1-5-28(43)10-8-7-9-15-37(6-2,41-34(44)30-22-36(30)16-18-42(19-17-36)24-26-12-13-26)35-38-23-32(40-35)29-20-27-14-11-25(3)39-31(27)21-33(29)45-4/h11,14,20-21,23,26,30H,5-10,12-13,15-19,22,24H2,1-4H3,(H,38,40)(H,41,44)/t30-,37?/m1/s1. The molecule has 3 heterocycles. The molecule has 2 N–H and O–H groups in total. The van der Waals surface area contributed by atoms with E-state index in [-0.39, 0.29) is 17.2 Å². The summed E-state index contributed by atoms with van der Waals surface area (Å²) in [5.41, 5.74) is 3.09. The lowest BCUT2D eigenvalue weighted by molar-refractivity contribution is -0.126. The van der Waals surface area contributed by atoms with E-state index in [0.717, 1.165) is 110 Å². The summed E-state index contributed by atoms with van der Waals surface area (Å²) in [6, 6.07) is 8.15. The number of nitrogens with one attached hydrogen (secondary N) is 2. The molecule has 1 spiro atoms. The number of H-pyrrole nitrogens is 1. The summed E-state index contributed by atoms with van der Waals surface area (Å²) in [7, 11) is 1.68. The van der Waals surface area contributed by atoms with Crippen LogP contribution in [0.4, 0.5) is 0 Å². The SMILES string of the molecule is CCC(=O)CCCCCC(CC)(NC(=O)[C@H]1CC12CCN(CC1CC1)CC2)c1nc(-c2cc3ccc(C)nc3cc2OC)c[nH]1. The van der Waals surface area contributed by atoms with Crippen molar-refractivity contribution in [1.29, 1.82) is 0 Å². The van der Waals surface area contributed by atoms with Crippen molar-refractivity contribution >= 4 is 22.6 Å². The number of aromatic amines is 1. The number of ether oxygens (including phenoxy) is 1. The monoisotopic (exact) mass is 613 g/mol. The molecule has 1 aliphatic heterocycles. The number of unbranched alkanes of at least 4 members (excludes halogenated alkanes) is 2. The Kier molecular flexibility index (Phi) is 9.32. The van der Waals surface area contributed by atoms with Crippen LogP contribution in [-0.4, -0.2) is 58.3 Å². The van der Waals surface area contributed by atoms with E-state index in [1.165, 1.54) is 19.4 Å². The van der Waals surface area contributed by atoms with Gasteiger partial charge in [-0.05, 0) is 94.8 Å². The van der Waals surface area contributed by atoms with Crippen LogP contribution < -0.4 is 10.1 Å². The summed E-state index contributed by atoms with van der Waals surface area (Å²) in [5.74, 6) is 3.00. The first-order chi connectivity index (χ1) is 21.8. The molecule has 1 saturated heterocycles. The van der Waals surface area contributed by atoms with Gasteiger partial charge in [-0.15, -0.1) is 0 Å². The van der Waals surface area contributed by atoms with Crippen molar-refractivity contribution in [2.24, 2.45) is 17.3 Å². The Morgan fingerprint density at radius 3 is 2.62 bits per heavy atom. The second kappa shape index (κ2) is 13.2. The number of aryl methyl sites for hydroxylation is 1. The minimum atomic E-state index is -0.608. The van der Waals surface area contributed by atoms with Crippen LogP contribution in [0.25, 0.3) is 22.2 Å². The molecule has 3 aromatic rings. The van der Waals surface area contributed by atoms with Gasteiger partial charge in [0, 0.05) is 54.2 Å². The van der Waals surface area contributed by atoms with E-state index >= 15 is 0 Å². The number of aromatic nitrogens is 3. The van der Waals surface area contributed by atoms with Gasteiger partial charge in [-0.25, -0.2) is 4.98 Å². The zero-order chi connectivity index (χ0) is 31.6. The minimum absolute atomic E-state index is 0.0830. The fraction of sp³-hybridized carbons (Fsp3) is 0.622. The third-order valence-electron chi connectivity index (χ3n) is 10.9. The Labute approximate surface area is 268 Å². The molecule has 0 radical (unpaired) electrons. The van der Waals surface area contributed by atoms with Gasteiger partial charge in [-0.2, -0.15) is 0 Å². The van der Waals surface area contributed by atoms with Crippen molar-refractivity contribution in [1.82, 2.24) is 25.2 Å². The fourth-order valence-corrected chi connectivity index (χ4v) is 7.54. The highest BCUT2D eigenvalue weighted by Gasteiger charge is 2.59. The first-order valence-corrected chi connectivity index (χ1v) is 17.4. The molecule has 242 valence electrons. The molecular weight excluding hydrogens is 562 g/mol. The second-order valence-corrected chi connectivity index (χ2v) is 14.1. The van der Waals surface area contributed by atoms with Gasteiger partial charge in [-0.3, -0.25) is 14.6 Å². The number of likely N-dealkylation sites (tertiary alicyclic amines) is 1. The number of rotatable bonds is 15. The van der Waals surface area contributed by atoms with E-state index in [9.17, 15) is 9.59 Å². The van der Waals surface area contributed by atoms with E-state index in [2.05, 4.69) is 39.2 Å². The maximum Gasteiger partial charge on any atom is 0.224 e. The van der Waals surface area contributed by atoms with Crippen LogP contribution in [0, 0.1) is 24.2 Å². The van der Waals surface area contributed by atoms with E-state index in [0.29, 0.717) is 18.6 Å². The predicted octanol–water partition coefficient (Wildman–Crippen LogP) is 7.11. The van der Waals surface area contributed by atoms with Crippen molar-refractivity contribution in [3.8, 4) is 17.0 Å². The highest BCUT2D eigenvalue weighted by Crippen LogP contribution is 2.60. The van der Waals surface area contributed by atoms with Gasteiger partial charge in [0.2, 0.25) is 5.91 Å². The lowest BCUT2D eigenvalue weighted by Crippen LogP contribution is -2.48. The van der Waals surface area contributed by atoms with Gasteiger partial charge < -0.3 is 19.9 Å². The number of carbonyl (C=O) groups is 2. The number of piperidine rings is 1. The van der Waals surface area contributed by atoms with E-state index in [1.807, 2.05) is 32.2 Å². The summed E-state index contributed by atoms with van der Waals surface area (Å²) in [4.78, 5) is 41.8. The topological polar surface area (TPSA) is 100 Å². The summed E-state index contributed by atoms with van der Waals surface area (Å²) in [5, 5.41) is 4.60. The third-order valence-corrected chi connectivity index (χ3v) is 10.9. The largest absolute Gasteiger partial charge is 0.496 e. The summed E-state index contributed by atoms with van der Waals surface area (Å²) in [6.07, 6.45) is 13.4. The number of nitrogens with zero attached hydrogens (tertiary/aromatic N) is 3. The maximum atomic E-state index is 14.0. The molecule has 1 aromatic carbocycles. The Hall–Kier alpha value is -3.26. The molecular formula is C37H51N5O3. The van der Waals surface area contributed by atoms with Crippen LogP contribution in [0.1, 0.15) is 102 Å². The van der Waals surface area contributed by atoms with Crippen LogP contribution in [0.2, 0.25) is 0 Å². The molecule has 45 heavy (non-hydrogen) atoms. The average Bonchev–Trinajstić information content (AvgIpc) is 3.95. The number of ketones is 1. The normalized spacial score (nSPS) is 20.7. The molecule has 1 unspecified atom stereocenters. The maximum absolute atomic E-state index is 14.0. The molecule has 2 saturated carbocycles. The Morgan fingerprint density at radius 1 is 1.11 bits per heavy atom. The summed E-state index contributed by atoms with van der Waals surface area (Å²) in [6.45, 7) is 9.56. The van der Waals surface area contributed by atoms with Gasteiger partial charge in [0.05, 0.1) is 23.9 Å². The fourth-order valence-electron chi connectivity index (χ4n) is 7.54. The number of amides is 1. The van der Waals surface area contributed by atoms with E-state index < -0.39 is 5.54 Å². The zero-order valence-corrected chi connectivity index (χ0v) is 27.7. The highest BCUT2D eigenvalue weighted by molar-refractivity contribution is 5.88. The Bertz CT molecular complexity index is 1520. The number of hydrogen-bond acceptors (Lipinski definition) is 6. The van der Waals surface area contributed by atoms with Crippen LogP contribution in [0.3, 0.4) is 0 Å². The smallest absolute Gasteiger partial charge is 0.224 e. The van der Waals surface area contributed by atoms with Crippen LogP contribution in [0.5, 0.6) is 5.75 Å². The highest BCUT2D eigenvalue weighted by atomic mass is 16.5. The average molecular weight is 614 g/mol. The number of pyridine rings is 1. The lowest BCUT2D eigenvalue weighted by Gasteiger charge is -2.35. The van der Waals surface area contributed by atoms with Gasteiger partial charge in [0.15, 0.2) is 0 Å². The molecule has 6 rings (SSSR count). The molecule has 1 amide bonds. The van der Waals surface area contributed by atoms with Crippen molar-refractivity contribution in [3.05, 3.63) is 42.0 Å². The molecule has 8 nitrogen and oxygen atoms in total. The van der Waals surface area contributed by atoms with Crippen LogP contribution >= 0.6 is 0 Å².